The number of methoxy groups -OCH3 is 1. The molecule has 1 unspecified atom stereocenters. The number of hydrogen-bond acceptors (Lipinski definition) is 3. The zero-order valence-corrected chi connectivity index (χ0v) is 8.87. The SMILES string of the molecule is COc1cc(C(C)CN)cc(O)c1C. The third kappa shape index (κ3) is 1.99. The second kappa shape index (κ2) is 4.33. The molecular formula is C11H17NO2. The lowest BCUT2D eigenvalue weighted by molar-refractivity contribution is 0.401. The minimum atomic E-state index is 0.232. The van der Waals surface area contributed by atoms with Crippen molar-refractivity contribution in [1.29, 1.82) is 0 Å². The molecule has 0 aliphatic heterocycles. The Kier molecular flexibility index (Phi) is 3.36. The third-order valence-corrected chi connectivity index (χ3v) is 2.50. The minimum absolute atomic E-state index is 0.232. The highest BCUT2D eigenvalue weighted by Crippen LogP contribution is 2.31. The highest BCUT2D eigenvalue weighted by molar-refractivity contribution is 5.47. The molecular weight excluding hydrogens is 178 g/mol. The summed E-state index contributed by atoms with van der Waals surface area (Å²) in [5, 5.41) is 9.64. The van der Waals surface area contributed by atoms with Crippen LogP contribution >= 0.6 is 0 Å². The van der Waals surface area contributed by atoms with E-state index in [0.29, 0.717) is 12.3 Å². The predicted octanol–water partition coefficient (Wildman–Crippen LogP) is 1.77. The van der Waals surface area contributed by atoms with Gasteiger partial charge in [0.05, 0.1) is 7.11 Å². The number of benzene rings is 1. The molecule has 1 rings (SSSR count). The Bertz CT molecular complexity index is 323. The van der Waals surface area contributed by atoms with Crippen LogP contribution in [0.2, 0.25) is 0 Å². The monoisotopic (exact) mass is 195 g/mol. The van der Waals surface area contributed by atoms with Gasteiger partial charge in [0.2, 0.25) is 0 Å². The Labute approximate surface area is 84.5 Å². The maximum absolute atomic E-state index is 9.64. The van der Waals surface area contributed by atoms with Gasteiger partial charge in [0, 0.05) is 5.56 Å². The minimum Gasteiger partial charge on any atom is -0.508 e. The van der Waals surface area contributed by atoms with E-state index in [1.165, 1.54) is 0 Å². The Morgan fingerprint density at radius 1 is 1.50 bits per heavy atom. The largest absolute Gasteiger partial charge is 0.508 e. The average Bonchev–Trinajstić information content (AvgIpc) is 2.20. The summed E-state index contributed by atoms with van der Waals surface area (Å²) in [5.74, 6) is 1.20. The van der Waals surface area contributed by atoms with E-state index in [0.717, 1.165) is 11.1 Å². The van der Waals surface area contributed by atoms with Crippen LogP contribution in [0.25, 0.3) is 0 Å². The fourth-order valence-electron chi connectivity index (χ4n) is 1.33. The van der Waals surface area contributed by atoms with Crippen LogP contribution in [-0.2, 0) is 0 Å². The van der Waals surface area contributed by atoms with E-state index in [1.807, 2.05) is 19.9 Å². The molecule has 0 radical (unpaired) electrons. The second-order valence-electron chi connectivity index (χ2n) is 3.50. The number of phenols is 1. The Balaban J connectivity index is 3.16. The number of hydrogen-bond donors (Lipinski definition) is 2. The van der Waals surface area contributed by atoms with Crippen molar-refractivity contribution in [3.63, 3.8) is 0 Å². The van der Waals surface area contributed by atoms with Crippen molar-refractivity contribution < 1.29 is 9.84 Å². The first-order chi connectivity index (χ1) is 6.60. The van der Waals surface area contributed by atoms with Crippen LogP contribution in [0.1, 0.15) is 24.0 Å². The van der Waals surface area contributed by atoms with Gasteiger partial charge in [-0.15, -0.1) is 0 Å². The second-order valence-corrected chi connectivity index (χ2v) is 3.50. The van der Waals surface area contributed by atoms with Crippen molar-refractivity contribution in [2.24, 2.45) is 5.73 Å². The molecule has 0 saturated heterocycles. The maximum Gasteiger partial charge on any atom is 0.125 e. The standard InChI is InChI=1S/C11H17NO2/c1-7(6-12)9-4-10(13)8(2)11(5-9)14-3/h4-5,7,13H,6,12H2,1-3H3. The zero-order chi connectivity index (χ0) is 10.7. The topological polar surface area (TPSA) is 55.5 Å². The summed E-state index contributed by atoms with van der Waals surface area (Å²) in [5.41, 5.74) is 7.33. The summed E-state index contributed by atoms with van der Waals surface area (Å²) in [7, 11) is 1.60. The summed E-state index contributed by atoms with van der Waals surface area (Å²) in [6.07, 6.45) is 0. The van der Waals surface area contributed by atoms with Gasteiger partial charge in [-0.25, -0.2) is 0 Å². The van der Waals surface area contributed by atoms with E-state index in [2.05, 4.69) is 0 Å². The highest BCUT2D eigenvalue weighted by atomic mass is 16.5. The number of phenolic OH excluding ortho intramolecular Hbond substituents is 1. The van der Waals surface area contributed by atoms with Crippen LogP contribution in [0.3, 0.4) is 0 Å². The molecule has 1 aromatic rings. The lowest BCUT2D eigenvalue weighted by Crippen LogP contribution is -2.09. The molecule has 1 aromatic carbocycles. The van der Waals surface area contributed by atoms with Crippen molar-refractivity contribution in [3.05, 3.63) is 23.3 Å². The molecule has 0 aliphatic rings. The third-order valence-electron chi connectivity index (χ3n) is 2.50. The van der Waals surface area contributed by atoms with Crippen molar-refractivity contribution in [2.75, 3.05) is 13.7 Å². The first-order valence-electron chi connectivity index (χ1n) is 4.67. The number of rotatable bonds is 3. The molecule has 0 amide bonds. The molecule has 14 heavy (non-hydrogen) atoms. The van der Waals surface area contributed by atoms with Crippen LogP contribution in [0, 0.1) is 6.92 Å². The summed E-state index contributed by atoms with van der Waals surface area (Å²) in [6.45, 7) is 4.40. The van der Waals surface area contributed by atoms with Gasteiger partial charge in [-0.2, -0.15) is 0 Å². The summed E-state index contributed by atoms with van der Waals surface area (Å²) in [6, 6.07) is 3.67. The highest BCUT2D eigenvalue weighted by Gasteiger charge is 2.10. The van der Waals surface area contributed by atoms with E-state index < -0.39 is 0 Å². The van der Waals surface area contributed by atoms with E-state index in [9.17, 15) is 5.11 Å². The fraction of sp³-hybridized carbons (Fsp3) is 0.455. The van der Waals surface area contributed by atoms with E-state index >= 15 is 0 Å². The first kappa shape index (κ1) is 10.9. The van der Waals surface area contributed by atoms with E-state index in [-0.39, 0.29) is 11.7 Å². The van der Waals surface area contributed by atoms with Gasteiger partial charge < -0.3 is 15.6 Å². The van der Waals surface area contributed by atoms with Crippen molar-refractivity contribution in [1.82, 2.24) is 0 Å². The van der Waals surface area contributed by atoms with E-state index in [4.69, 9.17) is 10.5 Å². The molecule has 0 saturated carbocycles. The van der Waals surface area contributed by atoms with Gasteiger partial charge in [-0.3, -0.25) is 0 Å². The predicted molar refractivity (Wildman–Crippen MR) is 56.9 cm³/mol. The van der Waals surface area contributed by atoms with Crippen LogP contribution in [0.4, 0.5) is 0 Å². The summed E-state index contributed by atoms with van der Waals surface area (Å²) < 4.78 is 5.16. The fourth-order valence-corrected chi connectivity index (χ4v) is 1.33. The lowest BCUT2D eigenvalue weighted by Gasteiger charge is -2.13. The molecule has 78 valence electrons. The van der Waals surface area contributed by atoms with Crippen LogP contribution in [-0.4, -0.2) is 18.8 Å². The average molecular weight is 195 g/mol. The quantitative estimate of drug-likeness (QED) is 0.772. The van der Waals surface area contributed by atoms with Crippen LogP contribution in [0.5, 0.6) is 11.5 Å². The van der Waals surface area contributed by atoms with Crippen LogP contribution < -0.4 is 10.5 Å². The molecule has 3 nitrogen and oxygen atoms in total. The molecule has 0 aliphatic carbocycles. The first-order valence-corrected chi connectivity index (χ1v) is 4.67. The summed E-state index contributed by atoms with van der Waals surface area (Å²) >= 11 is 0. The molecule has 0 heterocycles. The molecule has 0 aromatic heterocycles. The molecule has 1 atom stereocenters. The Hall–Kier alpha value is -1.22. The normalized spacial score (nSPS) is 12.6. The molecule has 0 bridgehead atoms. The van der Waals surface area contributed by atoms with Gasteiger partial charge >= 0.3 is 0 Å². The Morgan fingerprint density at radius 2 is 2.14 bits per heavy atom. The van der Waals surface area contributed by atoms with Gasteiger partial charge in [-0.1, -0.05) is 6.92 Å². The van der Waals surface area contributed by atoms with Gasteiger partial charge in [0.1, 0.15) is 11.5 Å². The lowest BCUT2D eigenvalue weighted by atomic mass is 9.99. The zero-order valence-electron chi connectivity index (χ0n) is 8.87. The number of nitrogens with two attached hydrogens (primary N) is 1. The van der Waals surface area contributed by atoms with Crippen molar-refractivity contribution in [2.45, 2.75) is 19.8 Å². The van der Waals surface area contributed by atoms with E-state index in [1.54, 1.807) is 13.2 Å². The maximum atomic E-state index is 9.64. The Morgan fingerprint density at radius 3 is 2.64 bits per heavy atom. The molecule has 0 spiro atoms. The van der Waals surface area contributed by atoms with Gasteiger partial charge in [0.15, 0.2) is 0 Å². The van der Waals surface area contributed by atoms with Gasteiger partial charge in [0.25, 0.3) is 0 Å². The molecule has 3 N–H and O–H groups in total. The smallest absolute Gasteiger partial charge is 0.125 e. The number of aromatic hydroxyl groups is 1. The van der Waals surface area contributed by atoms with Crippen LogP contribution in [0.15, 0.2) is 12.1 Å². The van der Waals surface area contributed by atoms with Gasteiger partial charge in [-0.05, 0) is 37.1 Å². The molecule has 0 fully saturated rings. The number of ether oxygens (including phenoxy) is 1. The molecule has 3 heteroatoms. The van der Waals surface area contributed by atoms with Crippen molar-refractivity contribution in [3.8, 4) is 11.5 Å². The summed E-state index contributed by atoms with van der Waals surface area (Å²) in [4.78, 5) is 0. The van der Waals surface area contributed by atoms with Crippen molar-refractivity contribution >= 4 is 0 Å².